The van der Waals surface area contributed by atoms with Crippen LogP contribution in [0.2, 0.25) is 0 Å². The van der Waals surface area contributed by atoms with Crippen molar-refractivity contribution >= 4 is 0 Å². The Hall–Kier alpha value is -2.31. The minimum atomic E-state index is -0.600. The molecule has 0 aromatic heterocycles. The molecule has 0 radical (unpaired) electrons. The highest BCUT2D eigenvalue weighted by molar-refractivity contribution is 5.35. The van der Waals surface area contributed by atoms with Crippen LogP contribution in [0.4, 0.5) is 0 Å². The van der Waals surface area contributed by atoms with E-state index in [9.17, 15) is 5.26 Å². The zero-order valence-electron chi connectivity index (χ0n) is 13.2. The smallest absolute Gasteiger partial charge is 0.119 e. The first-order valence-electron chi connectivity index (χ1n) is 7.28. The lowest BCUT2D eigenvalue weighted by atomic mass is 9.85. The number of benzene rings is 2. The van der Waals surface area contributed by atoms with Crippen molar-refractivity contribution < 1.29 is 9.47 Å². The fourth-order valence-electron chi connectivity index (χ4n) is 2.38. The SMILES string of the molecule is COc1cccc(C(C#N)C(C)(C)OCc2ccccc2)c1. The van der Waals surface area contributed by atoms with Crippen molar-refractivity contribution in [3.05, 3.63) is 65.7 Å². The first kappa shape index (κ1) is 16.1. The van der Waals surface area contributed by atoms with Crippen molar-refractivity contribution in [1.29, 1.82) is 5.26 Å². The second-order valence-corrected chi connectivity index (χ2v) is 5.72. The largest absolute Gasteiger partial charge is 0.497 e. The van der Waals surface area contributed by atoms with Gasteiger partial charge in [-0.3, -0.25) is 0 Å². The van der Waals surface area contributed by atoms with Gasteiger partial charge in [0.25, 0.3) is 0 Å². The third-order valence-electron chi connectivity index (χ3n) is 3.71. The molecule has 0 saturated carbocycles. The van der Waals surface area contributed by atoms with Gasteiger partial charge in [-0.2, -0.15) is 5.26 Å². The van der Waals surface area contributed by atoms with E-state index in [1.165, 1.54) is 0 Å². The van der Waals surface area contributed by atoms with Gasteiger partial charge in [-0.05, 0) is 37.1 Å². The van der Waals surface area contributed by atoms with E-state index in [2.05, 4.69) is 6.07 Å². The van der Waals surface area contributed by atoms with E-state index in [4.69, 9.17) is 9.47 Å². The van der Waals surface area contributed by atoms with Crippen LogP contribution in [0, 0.1) is 11.3 Å². The van der Waals surface area contributed by atoms with Crippen LogP contribution in [0.1, 0.15) is 30.9 Å². The first-order chi connectivity index (χ1) is 10.6. The molecule has 2 aromatic carbocycles. The molecule has 0 heterocycles. The number of hydrogen-bond acceptors (Lipinski definition) is 3. The van der Waals surface area contributed by atoms with Gasteiger partial charge >= 0.3 is 0 Å². The Morgan fingerprint density at radius 2 is 1.82 bits per heavy atom. The number of nitriles is 1. The third-order valence-corrected chi connectivity index (χ3v) is 3.71. The Labute approximate surface area is 132 Å². The average molecular weight is 295 g/mol. The Bertz CT molecular complexity index is 644. The normalized spacial score (nSPS) is 12.5. The van der Waals surface area contributed by atoms with Crippen molar-refractivity contribution in [1.82, 2.24) is 0 Å². The molecular formula is C19H21NO2. The molecular weight excluding hydrogens is 274 g/mol. The molecule has 0 saturated heterocycles. The van der Waals surface area contributed by atoms with Crippen LogP contribution in [0.15, 0.2) is 54.6 Å². The molecule has 114 valence electrons. The summed E-state index contributed by atoms with van der Waals surface area (Å²) in [6.45, 7) is 4.38. The molecule has 0 bridgehead atoms. The molecule has 1 atom stereocenters. The van der Waals surface area contributed by atoms with Gasteiger partial charge in [-0.1, -0.05) is 42.5 Å². The highest BCUT2D eigenvalue weighted by Crippen LogP contribution is 2.33. The minimum absolute atomic E-state index is 0.369. The lowest BCUT2D eigenvalue weighted by molar-refractivity contribution is -0.0376. The zero-order chi connectivity index (χ0) is 16.0. The number of nitrogens with zero attached hydrogens (tertiary/aromatic N) is 1. The van der Waals surface area contributed by atoms with Crippen molar-refractivity contribution in [3.63, 3.8) is 0 Å². The van der Waals surface area contributed by atoms with E-state index >= 15 is 0 Å². The molecule has 0 aliphatic rings. The van der Waals surface area contributed by atoms with Gasteiger partial charge < -0.3 is 9.47 Å². The lowest BCUT2D eigenvalue weighted by Gasteiger charge is -2.30. The van der Waals surface area contributed by atoms with E-state index in [1.54, 1.807) is 7.11 Å². The van der Waals surface area contributed by atoms with Gasteiger partial charge in [0.05, 0.1) is 31.3 Å². The van der Waals surface area contributed by atoms with E-state index < -0.39 is 5.60 Å². The molecule has 2 aromatic rings. The van der Waals surface area contributed by atoms with Crippen LogP contribution in [0.5, 0.6) is 5.75 Å². The van der Waals surface area contributed by atoms with Crippen LogP contribution >= 0.6 is 0 Å². The summed E-state index contributed by atoms with van der Waals surface area (Å²) < 4.78 is 11.3. The summed E-state index contributed by atoms with van der Waals surface area (Å²) in [4.78, 5) is 0. The van der Waals surface area contributed by atoms with Crippen molar-refractivity contribution in [2.75, 3.05) is 7.11 Å². The highest BCUT2D eigenvalue weighted by atomic mass is 16.5. The topological polar surface area (TPSA) is 42.2 Å². The van der Waals surface area contributed by atoms with Crippen LogP contribution in [-0.4, -0.2) is 12.7 Å². The van der Waals surface area contributed by atoms with Crippen molar-refractivity contribution in [2.24, 2.45) is 0 Å². The Morgan fingerprint density at radius 1 is 1.09 bits per heavy atom. The second-order valence-electron chi connectivity index (χ2n) is 5.72. The monoisotopic (exact) mass is 295 g/mol. The molecule has 3 nitrogen and oxygen atoms in total. The predicted octanol–water partition coefficient (Wildman–Crippen LogP) is 4.30. The molecule has 3 heteroatoms. The molecule has 0 aliphatic heterocycles. The molecule has 0 N–H and O–H groups in total. The summed E-state index contributed by atoms with van der Waals surface area (Å²) >= 11 is 0. The maximum Gasteiger partial charge on any atom is 0.119 e. The summed E-state index contributed by atoms with van der Waals surface area (Å²) in [6.07, 6.45) is 0. The summed E-state index contributed by atoms with van der Waals surface area (Å²) in [5.74, 6) is 0.378. The minimum Gasteiger partial charge on any atom is -0.497 e. The number of rotatable bonds is 6. The van der Waals surface area contributed by atoms with Gasteiger partial charge in [0.15, 0.2) is 0 Å². The fraction of sp³-hybridized carbons (Fsp3) is 0.316. The van der Waals surface area contributed by atoms with Crippen molar-refractivity contribution in [2.45, 2.75) is 32.0 Å². The van der Waals surface area contributed by atoms with Gasteiger partial charge in [-0.25, -0.2) is 0 Å². The number of hydrogen-bond donors (Lipinski definition) is 0. The molecule has 0 fully saturated rings. The van der Waals surface area contributed by atoms with Crippen LogP contribution in [0.25, 0.3) is 0 Å². The molecule has 2 rings (SSSR count). The van der Waals surface area contributed by atoms with Crippen LogP contribution in [-0.2, 0) is 11.3 Å². The molecule has 0 aliphatic carbocycles. The van der Waals surface area contributed by atoms with Gasteiger partial charge in [0.2, 0.25) is 0 Å². The van der Waals surface area contributed by atoms with E-state index in [0.29, 0.717) is 6.61 Å². The maximum absolute atomic E-state index is 9.61. The first-order valence-corrected chi connectivity index (χ1v) is 7.28. The Balaban J connectivity index is 2.15. The summed E-state index contributed by atoms with van der Waals surface area (Å²) in [5, 5.41) is 9.61. The fourth-order valence-corrected chi connectivity index (χ4v) is 2.38. The Kier molecular flexibility index (Phi) is 5.19. The van der Waals surface area contributed by atoms with Crippen LogP contribution < -0.4 is 4.74 Å². The number of ether oxygens (including phenoxy) is 2. The molecule has 0 spiro atoms. The van der Waals surface area contributed by atoms with E-state index in [-0.39, 0.29) is 5.92 Å². The predicted molar refractivity (Wildman–Crippen MR) is 86.7 cm³/mol. The van der Waals surface area contributed by atoms with Gasteiger partial charge in [-0.15, -0.1) is 0 Å². The zero-order valence-corrected chi connectivity index (χ0v) is 13.2. The molecule has 22 heavy (non-hydrogen) atoms. The van der Waals surface area contributed by atoms with Gasteiger partial charge in [0, 0.05) is 0 Å². The van der Waals surface area contributed by atoms with E-state index in [1.807, 2.05) is 68.4 Å². The van der Waals surface area contributed by atoms with E-state index in [0.717, 1.165) is 16.9 Å². The quantitative estimate of drug-likeness (QED) is 0.798. The summed E-state index contributed by atoms with van der Waals surface area (Å²) in [7, 11) is 1.62. The van der Waals surface area contributed by atoms with Gasteiger partial charge in [0.1, 0.15) is 5.75 Å². The van der Waals surface area contributed by atoms with Crippen LogP contribution in [0.3, 0.4) is 0 Å². The maximum atomic E-state index is 9.61. The molecule has 0 amide bonds. The molecule has 1 unspecified atom stereocenters. The second kappa shape index (κ2) is 7.11. The summed E-state index contributed by atoms with van der Waals surface area (Å²) in [6, 6.07) is 19.9. The third kappa shape index (κ3) is 3.87. The lowest BCUT2D eigenvalue weighted by Crippen LogP contribution is -2.32. The highest BCUT2D eigenvalue weighted by Gasteiger charge is 2.32. The Morgan fingerprint density at radius 3 is 2.45 bits per heavy atom. The average Bonchev–Trinajstić information content (AvgIpc) is 2.55. The number of methoxy groups -OCH3 is 1. The standard InChI is InChI=1S/C19H21NO2/c1-19(2,22-14-15-8-5-4-6-9-15)18(13-20)16-10-7-11-17(12-16)21-3/h4-12,18H,14H2,1-3H3. The van der Waals surface area contributed by atoms with Crippen molar-refractivity contribution in [3.8, 4) is 11.8 Å². The summed E-state index contributed by atoms with van der Waals surface area (Å²) in [5.41, 5.74) is 1.40.